The summed E-state index contributed by atoms with van der Waals surface area (Å²) < 4.78 is 0. The number of rotatable bonds is 3. The predicted molar refractivity (Wildman–Crippen MR) is 65.9 cm³/mol. The zero-order valence-electron chi connectivity index (χ0n) is 9.42. The Labute approximate surface area is 95.7 Å². The second kappa shape index (κ2) is 4.35. The second-order valence-electron chi connectivity index (χ2n) is 4.04. The molecule has 0 saturated heterocycles. The molecule has 2 heteroatoms. The number of likely N-dealkylation sites (N-methyl/N-ethyl adjacent to an activating group) is 1. The molecule has 82 valence electrons. The molecule has 0 heterocycles. The minimum atomic E-state index is -0.0724. The third kappa shape index (κ3) is 2.06. The van der Waals surface area contributed by atoms with Crippen LogP contribution in [0.25, 0.3) is 6.08 Å². The Bertz CT molecular complexity index is 471. The van der Waals surface area contributed by atoms with Gasteiger partial charge in [0.2, 0.25) is 5.91 Å². The number of hydrogen-bond donors (Lipinski definition) is 1. The fraction of sp³-hybridized carbons (Fsp3) is 0.214. The summed E-state index contributed by atoms with van der Waals surface area (Å²) >= 11 is 0. The lowest BCUT2D eigenvalue weighted by atomic mass is 10.0. The number of hydrogen-bond acceptors (Lipinski definition) is 1. The Balaban J connectivity index is 2.06. The molecule has 0 atom stereocenters. The van der Waals surface area contributed by atoms with E-state index in [0.29, 0.717) is 12.0 Å². The Morgan fingerprint density at radius 2 is 2.19 bits per heavy atom. The molecule has 0 spiro atoms. The largest absolute Gasteiger partial charge is 0.355 e. The maximum atomic E-state index is 11.3. The number of fused-ring (bicyclic) bond motifs is 1. The zero-order valence-corrected chi connectivity index (χ0v) is 9.42. The highest BCUT2D eigenvalue weighted by Gasteiger charge is 2.14. The summed E-state index contributed by atoms with van der Waals surface area (Å²) in [7, 11) is 1.63. The molecule has 2 rings (SSSR count). The topological polar surface area (TPSA) is 29.1 Å². The van der Waals surface area contributed by atoms with Crippen molar-refractivity contribution in [2.75, 3.05) is 7.05 Å². The van der Waals surface area contributed by atoms with Crippen molar-refractivity contribution in [1.82, 2.24) is 5.32 Å². The molecule has 2 nitrogen and oxygen atoms in total. The van der Waals surface area contributed by atoms with Gasteiger partial charge in [-0.1, -0.05) is 42.5 Å². The quantitative estimate of drug-likeness (QED) is 0.767. The molecule has 1 amide bonds. The molecule has 16 heavy (non-hydrogen) atoms. The number of nitrogens with one attached hydrogen (secondary N) is 1. The van der Waals surface area contributed by atoms with E-state index in [1.807, 2.05) is 12.1 Å². The Hall–Kier alpha value is -1.83. The molecule has 0 bridgehead atoms. The number of amides is 1. The van der Waals surface area contributed by atoms with Crippen LogP contribution in [0.3, 0.4) is 0 Å². The van der Waals surface area contributed by atoms with Crippen molar-refractivity contribution in [3.8, 4) is 0 Å². The van der Waals surface area contributed by atoms with Gasteiger partial charge in [0, 0.05) is 12.6 Å². The first-order valence-electron chi connectivity index (χ1n) is 5.38. The highest BCUT2D eigenvalue weighted by Crippen LogP contribution is 2.28. The summed E-state index contributed by atoms with van der Waals surface area (Å²) in [5.41, 5.74) is 4.49. The third-order valence-corrected chi connectivity index (χ3v) is 2.82. The molecule has 1 N–H and O–H groups in total. The van der Waals surface area contributed by atoms with Crippen LogP contribution in [0.1, 0.15) is 17.5 Å². The molecule has 0 fully saturated rings. The molecular formula is C14H15NO. The van der Waals surface area contributed by atoms with E-state index in [0.717, 1.165) is 6.42 Å². The van der Waals surface area contributed by atoms with Crippen LogP contribution in [0.4, 0.5) is 0 Å². The minimum absolute atomic E-state index is 0.0724. The number of carbonyl (C=O) groups is 1. The summed E-state index contributed by atoms with van der Waals surface area (Å²) in [6, 6.07) is 8.31. The van der Waals surface area contributed by atoms with Crippen molar-refractivity contribution in [3.05, 3.63) is 53.1 Å². The molecule has 1 aromatic carbocycles. The maximum Gasteiger partial charge on any atom is 0.246 e. The molecule has 1 aliphatic carbocycles. The zero-order chi connectivity index (χ0) is 11.5. The molecule has 0 unspecified atom stereocenters. The van der Waals surface area contributed by atoms with E-state index in [2.05, 4.69) is 30.1 Å². The number of benzene rings is 1. The van der Waals surface area contributed by atoms with Crippen molar-refractivity contribution in [2.45, 2.75) is 12.8 Å². The lowest BCUT2D eigenvalue weighted by molar-refractivity contribution is -0.117. The predicted octanol–water partition coefficient (Wildman–Crippen LogP) is 2.32. The van der Waals surface area contributed by atoms with Gasteiger partial charge in [-0.25, -0.2) is 0 Å². The Kier molecular flexibility index (Phi) is 2.91. The molecule has 0 aliphatic heterocycles. The van der Waals surface area contributed by atoms with Crippen LogP contribution in [0, 0.1) is 0 Å². The van der Waals surface area contributed by atoms with Gasteiger partial charge in [-0.3, -0.25) is 4.79 Å². The van der Waals surface area contributed by atoms with Crippen LogP contribution in [0.15, 0.2) is 42.0 Å². The molecular weight excluding hydrogens is 198 g/mol. The van der Waals surface area contributed by atoms with Crippen molar-refractivity contribution in [2.24, 2.45) is 0 Å². The van der Waals surface area contributed by atoms with E-state index in [1.54, 1.807) is 7.05 Å². The van der Waals surface area contributed by atoms with Gasteiger partial charge in [0.15, 0.2) is 0 Å². The molecule has 1 aromatic rings. The average Bonchev–Trinajstić information content (AvgIpc) is 2.69. The summed E-state index contributed by atoms with van der Waals surface area (Å²) in [6.07, 6.45) is 3.75. The van der Waals surface area contributed by atoms with E-state index in [-0.39, 0.29) is 5.91 Å². The summed E-state index contributed by atoms with van der Waals surface area (Å²) in [6.45, 7) is 3.80. The Morgan fingerprint density at radius 3 is 2.88 bits per heavy atom. The van der Waals surface area contributed by atoms with Gasteiger partial charge in [-0.05, 0) is 24.0 Å². The molecule has 0 radical (unpaired) electrons. The number of carbonyl (C=O) groups excluding carboxylic acids is 1. The molecule has 0 saturated carbocycles. The van der Waals surface area contributed by atoms with Crippen molar-refractivity contribution in [1.29, 1.82) is 0 Å². The van der Waals surface area contributed by atoms with Crippen LogP contribution in [0.2, 0.25) is 0 Å². The van der Waals surface area contributed by atoms with Gasteiger partial charge in [0.25, 0.3) is 0 Å². The van der Waals surface area contributed by atoms with Gasteiger partial charge in [0.05, 0.1) is 0 Å². The second-order valence-corrected chi connectivity index (χ2v) is 4.04. The van der Waals surface area contributed by atoms with Crippen LogP contribution < -0.4 is 5.32 Å². The highest BCUT2D eigenvalue weighted by atomic mass is 16.1. The first-order valence-corrected chi connectivity index (χ1v) is 5.38. The third-order valence-electron chi connectivity index (χ3n) is 2.82. The normalized spacial score (nSPS) is 12.9. The SMILES string of the molecule is C=C(CC1=Cc2ccccc2C1)C(=O)NC. The average molecular weight is 213 g/mol. The first kappa shape index (κ1) is 10.7. The number of allylic oxidation sites excluding steroid dienone is 1. The highest BCUT2D eigenvalue weighted by molar-refractivity contribution is 5.93. The lowest BCUT2D eigenvalue weighted by Crippen LogP contribution is -2.19. The molecule has 1 aliphatic rings. The van der Waals surface area contributed by atoms with E-state index >= 15 is 0 Å². The van der Waals surface area contributed by atoms with Gasteiger partial charge in [-0.15, -0.1) is 0 Å². The molecule has 0 aromatic heterocycles. The summed E-state index contributed by atoms with van der Waals surface area (Å²) in [5.74, 6) is -0.0724. The van der Waals surface area contributed by atoms with Gasteiger partial charge in [0.1, 0.15) is 0 Å². The summed E-state index contributed by atoms with van der Waals surface area (Å²) in [5, 5.41) is 2.59. The van der Waals surface area contributed by atoms with E-state index in [1.165, 1.54) is 16.7 Å². The fourth-order valence-corrected chi connectivity index (χ4v) is 2.00. The van der Waals surface area contributed by atoms with E-state index in [9.17, 15) is 4.79 Å². The van der Waals surface area contributed by atoms with Gasteiger partial charge < -0.3 is 5.32 Å². The van der Waals surface area contributed by atoms with Gasteiger partial charge in [-0.2, -0.15) is 0 Å². The van der Waals surface area contributed by atoms with Crippen LogP contribution >= 0.6 is 0 Å². The monoisotopic (exact) mass is 213 g/mol. The van der Waals surface area contributed by atoms with Crippen molar-refractivity contribution >= 4 is 12.0 Å². The minimum Gasteiger partial charge on any atom is -0.355 e. The standard InChI is InChI=1S/C14H15NO/c1-10(14(16)15-2)7-11-8-12-5-3-4-6-13(12)9-11/h3-6,8H,1,7,9H2,2H3,(H,15,16). The lowest BCUT2D eigenvalue weighted by Gasteiger charge is -2.04. The maximum absolute atomic E-state index is 11.3. The van der Waals surface area contributed by atoms with Crippen molar-refractivity contribution < 1.29 is 4.79 Å². The smallest absolute Gasteiger partial charge is 0.246 e. The van der Waals surface area contributed by atoms with Crippen molar-refractivity contribution in [3.63, 3.8) is 0 Å². The van der Waals surface area contributed by atoms with Crippen LogP contribution in [0.5, 0.6) is 0 Å². The van der Waals surface area contributed by atoms with E-state index in [4.69, 9.17) is 0 Å². The first-order chi connectivity index (χ1) is 7.70. The Morgan fingerprint density at radius 1 is 1.44 bits per heavy atom. The van der Waals surface area contributed by atoms with Crippen LogP contribution in [-0.2, 0) is 11.2 Å². The fourth-order valence-electron chi connectivity index (χ4n) is 2.00. The van der Waals surface area contributed by atoms with E-state index < -0.39 is 0 Å². The summed E-state index contributed by atoms with van der Waals surface area (Å²) in [4.78, 5) is 11.3. The van der Waals surface area contributed by atoms with Crippen LogP contribution in [-0.4, -0.2) is 13.0 Å². The van der Waals surface area contributed by atoms with Gasteiger partial charge >= 0.3 is 0 Å².